The highest BCUT2D eigenvalue weighted by molar-refractivity contribution is 5.25. The molecule has 1 rings (SSSR count). The number of aryl methyl sites for hydroxylation is 1. The highest BCUT2D eigenvalue weighted by atomic mass is 16.3. The highest BCUT2D eigenvalue weighted by Crippen LogP contribution is 2.15. The molecule has 1 atom stereocenters. The number of hydrogen-bond acceptors (Lipinski definition) is 1. The van der Waals surface area contributed by atoms with Crippen molar-refractivity contribution in [3.63, 3.8) is 0 Å². The first-order chi connectivity index (χ1) is 6.27. The molecule has 0 radical (unpaired) electrons. The lowest BCUT2D eigenvalue weighted by atomic mass is 9.99. The summed E-state index contributed by atoms with van der Waals surface area (Å²) in [5.41, 5.74) is 2.61. The fourth-order valence-electron chi connectivity index (χ4n) is 1.41. The number of rotatable bonds is 4. The summed E-state index contributed by atoms with van der Waals surface area (Å²) in [4.78, 5) is 0. The van der Waals surface area contributed by atoms with E-state index >= 15 is 0 Å². The lowest BCUT2D eigenvalue weighted by molar-refractivity contribution is 0.273. The van der Waals surface area contributed by atoms with Crippen LogP contribution in [-0.2, 0) is 6.42 Å². The van der Waals surface area contributed by atoms with Crippen LogP contribution in [0.5, 0.6) is 0 Å². The second-order valence-corrected chi connectivity index (χ2v) is 3.58. The molecule has 0 heterocycles. The third-order valence-corrected chi connectivity index (χ3v) is 2.36. The molecule has 0 fully saturated rings. The lowest BCUT2D eigenvalue weighted by Crippen LogP contribution is -1.98. The normalized spacial score (nSPS) is 12.8. The first kappa shape index (κ1) is 10.3. The van der Waals surface area contributed by atoms with E-state index in [1.54, 1.807) is 0 Å². The Hall–Kier alpha value is -0.820. The van der Waals surface area contributed by atoms with Crippen LogP contribution in [0.2, 0.25) is 0 Å². The zero-order valence-corrected chi connectivity index (χ0v) is 8.46. The predicted octanol–water partition coefficient (Wildman–Crippen LogP) is 2.73. The summed E-state index contributed by atoms with van der Waals surface area (Å²) >= 11 is 0. The molecule has 1 N–H and O–H groups in total. The Balaban J connectivity index is 2.69. The van der Waals surface area contributed by atoms with Crippen molar-refractivity contribution in [1.29, 1.82) is 0 Å². The molecule has 0 aliphatic rings. The van der Waals surface area contributed by atoms with Crippen LogP contribution in [0.25, 0.3) is 0 Å². The fraction of sp³-hybridized carbons (Fsp3) is 0.500. The van der Waals surface area contributed by atoms with E-state index in [0.717, 1.165) is 6.42 Å². The topological polar surface area (TPSA) is 20.2 Å². The maximum Gasteiger partial charge on any atom is 0.0497 e. The molecule has 0 aromatic heterocycles. The molecular formula is C12H18O. The summed E-state index contributed by atoms with van der Waals surface area (Å²) < 4.78 is 0. The van der Waals surface area contributed by atoms with Gasteiger partial charge >= 0.3 is 0 Å². The van der Waals surface area contributed by atoms with E-state index in [-0.39, 0.29) is 12.5 Å². The van der Waals surface area contributed by atoms with E-state index in [9.17, 15) is 0 Å². The maximum atomic E-state index is 8.96. The van der Waals surface area contributed by atoms with Crippen molar-refractivity contribution in [2.75, 3.05) is 6.61 Å². The van der Waals surface area contributed by atoms with Gasteiger partial charge in [0, 0.05) is 12.5 Å². The van der Waals surface area contributed by atoms with Gasteiger partial charge in [0.1, 0.15) is 0 Å². The molecule has 0 spiro atoms. The second-order valence-electron chi connectivity index (χ2n) is 3.58. The van der Waals surface area contributed by atoms with Gasteiger partial charge in [0.25, 0.3) is 0 Å². The Morgan fingerprint density at radius 1 is 1.23 bits per heavy atom. The summed E-state index contributed by atoms with van der Waals surface area (Å²) in [6, 6.07) is 8.55. The number of aliphatic hydroxyl groups excluding tert-OH is 1. The van der Waals surface area contributed by atoms with E-state index in [2.05, 4.69) is 31.2 Å². The molecule has 1 heteroatoms. The molecular weight excluding hydrogens is 160 g/mol. The largest absolute Gasteiger partial charge is 0.396 e. The number of aliphatic hydroxyl groups is 1. The van der Waals surface area contributed by atoms with Crippen LogP contribution < -0.4 is 0 Å². The summed E-state index contributed by atoms with van der Waals surface area (Å²) in [5.74, 6) is 0.260. The first-order valence-corrected chi connectivity index (χ1v) is 4.97. The van der Waals surface area contributed by atoms with E-state index in [0.29, 0.717) is 0 Å². The summed E-state index contributed by atoms with van der Waals surface area (Å²) in [5, 5.41) is 8.96. The van der Waals surface area contributed by atoms with Crippen molar-refractivity contribution >= 4 is 0 Å². The van der Waals surface area contributed by atoms with Gasteiger partial charge in [0.15, 0.2) is 0 Å². The summed E-state index contributed by atoms with van der Waals surface area (Å²) in [7, 11) is 0. The summed E-state index contributed by atoms with van der Waals surface area (Å²) in [6.07, 6.45) is 2.34. The molecule has 0 saturated heterocycles. The predicted molar refractivity (Wildman–Crippen MR) is 55.9 cm³/mol. The second kappa shape index (κ2) is 5.03. The minimum Gasteiger partial charge on any atom is -0.396 e. The van der Waals surface area contributed by atoms with Crippen LogP contribution in [0.4, 0.5) is 0 Å². The van der Waals surface area contributed by atoms with Gasteiger partial charge in [-0.25, -0.2) is 0 Å². The Morgan fingerprint density at radius 3 is 2.31 bits per heavy atom. The molecule has 0 saturated carbocycles. The van der Waals surface area contributed by atoms with Gasteiger partial charge in [-0.3, -0.25) is 0 Å². The smallest absolute Gasteiger partial charge is 0.0497 e. The fourth-order valence-corrected chi connectivity index (χ4v) is 1.41. The van der Waals surface area contributed by atoms with Crippen LogP contribution in [0.3, 0.4) is 0 Å². The molecule has 0 bridgehead atoms. The monoisotopic (exact) mass is 178 g/mol. The molecule has 1 aromatic rings. The van der Waals surface area contributed by atoms with E-state index < -0.39 is 0 Å². The zero-order chi connectivity index (χ0) is 9.68. The van der Waals surface area contributed by atoms with Crippen molar-refractivity contribution < 1.29 is 5.11 Å². The Bertz CT molecular complexity index is 238. The van der Waals surface area contributed by atoms with Gasteiger partial charge in [0.2, 0.25) is 0 Å². The average Bonchev–Trinajstić information content (AvgIpc) is 2.18. The third-order valence-electron chi connectivity index (χ3n) is 2.36. The Morgan fingerprint density at radius 2 is 1.85 bits per heavy atom. The molecule has 1 aromatic carbocycles. The van der Waals surface area contributed by atoms with Crippen molar-refractivity contribution in [2.45, 2.75) is 32.6 Å². The standard InChI is InChI=1S/C12H18O/c1-3-4-11-5-7-12(8-6-11)10(2)9-13/h5-8,10,13H,3-4,9H2,1-2H3/t10-/m0/s1. The van der Waals surface area contributed by atoms with E-state index in [4.69, 9.17) is 5.11 Å². The van der Waals surface area contributed by atoms with Crippen LogP contribution >= 0.6 is 0 Å². The van der Waals surface area contributed by atoms with Crippen LogP contribution in [-0.4, -0.2) is 11.7 Å². The average molecular weight is 178 g/mol. The maximum absolute atomic E-state index is 8.96. The number of hydrogen-bond donors (Lipinski definition) is 1. The zero-order valence-electron chi connectivity index (χ0n) is 8.46. The van der Waals surface area contributed by atoms with Crippen LogP contribution in [0, 0.1) is 0 Å². The van der Waals surface area contributed by atoms with Gasteiger partial charge in [-0.15, -0.1) is 0 Å². The van der Waals surface area contributed by atoms with E-state index in [1.165, 1.54) is 17.5 Å². The van der Waals surface area contributed by atoms with Crippen molar-refractivity contribution in [1.82, 2.24) is 0 Å². The van der Waals surface area contributed by atoms with Gasteiger partial charge in [0.05, 0.1) is 0 Å². The summed E-state index contributed by atoms with van der Waals surface area (Å²) in [6.45, 7) is 4.45. The van der Waals surface area contributed by atoms with Crippen molar-refractivity contribution in [2.24, 2.45) is 0 Å². The minimum absolute atomic E-state index is 0.229. The van der Waals surface area contributed by atoms with Gasteiger partial charge in [-0.2, -0.15) is 0 Å². The minimum atomic E-state index is 0.229. The highest BCUT2D eigenvalue weighted by Gasteiger charge is 2.02. The Labute approximate surface area is 80.4 Å². The molecule has 0 amide bonds. The molecule has 72 valence electrons. The SMILES string of the molecule is CCCc1ccc([C@@H](C)CO)cc1. The molecule has 13 heavy (non-hydrogen) atoms. The quantitative estimate of drug-likeness (QED) is 0.751. The van der Waals surface area contributed by atoms with Gasteiger partial charge < -0.3 is 5.11 Å². The van der Waals surface area contributed by atoms with Crippen LogP contribution in [0.15, 0.2) is 24.3 Å². The van der Waals surface area contributed by atoms with Crippen LogP contribution in [0.1, 0.15) is 37.3 Å². The van der Waals surface area contributed by atoms with Gasteiger partial charge in [-0.05, 0) is 17.5 Å². The number of benzene rings is 1. The van der Waals surface area contributed by atoms with Gasteiger partial charge in [-0.1, -0.05) is 44.5 Å². The Kier molecular flexibility index (Phi) is 3.97. The lowest BCUT2D eigenvalue weighted by Gasteiger charge is -2.08. The third kappa shape index (κ3) is 2.85. The van der Waals surface area contributed by atoms with Crippen molar-refractivity contribution in [3.8, 4) is 0 Å². The van der Waals surface area contributed by atoms with Crippen molar-refractivity contribution in [3.05, 3.63) is 35.4 Å². The first-order valence-electron chi connectivity index (χ1n) is 4.97. The van der Waals surface area contributed by atoms with E-state index in [1.807, 2.05) is 6.92 Å². The molecule has 0 aliphatic heterocycles. The molecule has 1 nitrogen and oxygen atoms in total. The molecule has 0 aliphatic carbocycles. The molecule has 0 unspecified atom stereocenters.